The van der Waals surface area contributed by atoms with Gasteiger partial charge in [0.2, 0.25) is 0 Å². The molecular formula is C15H17NOS. The molecule has 0 aliphatic rings. The molecule has 0 fully saturated rings. The summed E-state index contributed by atoms with van der Waals surface area (Å²) in [6, 6.07) is 4.01. The molecule has 18 heavy (non-hydrogen) atoms. The molecule has 1 N–H and O–H groups in total. The van der Waals surface area contributed by atoms with Crippen molar-refractivity contribution in [1.82, 2.24) is 4.98 Å². The summed E-state index contributed by atoms with van der Waals surface area (Å²) in [6.45, 7) is 4.04. The van der Waals surface area contributed by atoms with E-state index in [1.807, 2.05) is 37.4 Å². The Morgan fingerprint density at radius 2 is 2.39 bits per heavy atom. The molecule has 2 aromatic heterocycles. The Hall–Kier alpha value is -1.45. The molecule has 0 radical (unpaired) electrons. The first-order chi connectivity index (χ1) is 8.76. The Bertz CT molecular complexity index is 550. The van der Waals surface area contributed by atoms with Gasteiger partial charge in [-0.15, -0.1) is 11.3 Å². The van der Waals surface area contributed by atoms with E-state index in [0.717, 1.165) is 27.0 Å². The number of nitrogens with zero attached hydrogens (tertiary/aromatic N) is 1. The van der Waals surface area contributed by atoms with E-state index in [1.165, 1.54) is 0 Å². The van der Waals surface area contributed by atoms with Crippen molar-refractivity contribution < 1.29 is 5.11 Å². The molecule has 0 saturated heterocycles. The van der Waals surface area contributed by atoms with E-state index in [2.05, 4.69) is 18.0 Å². The van der Waals surface area contributed by atoms with Crippen molar-refractivity contribution in [3.63, 3.8) is 0 Å². The third-order valence-electron chi connectivity index (χ3n) is 2.73. The van der Waals surface area contributed by atoms with Crippen LogP contribution in [-0.2, 0) is 0 Å². The molecule has 1 unspecified atom stereocenters. The number of rotatable bonds is 4. The fourth-order valence-electron chi connectivity index (χ4n) is 1.90. The summed E-state index contributed by atoms with van der Waals surface area (Å²) < 4.78 is 1.11. The van der Waals surface area contributed by atoms with Crippen LogP contribution in [-0.4, -0.2) is 10.1 Å². The van der Waals surface area contributed by atoms with Gasteiger partial charge in [0, 0.05) is 17.3 Å². The van der Waals surface area contributed by atoms with E-state index in [9.17, 15) is 5.11 Å². The first kappa shape index (κ1) is 13.0. The normalized spacial score (nSPS) is 14.5. The van der Waals surface area contributed by atoms with Crippen LogP contribution >= 0.6 is 11.3 Å². The van der Waals surface area contributed by atoms with Gasteiger partial charge in [-0.3, -0.25) is 4.98 Å². The second kappa shape index (κ2) is 5.94. The molecule has 0 saturated carbocycles. The molecular weight excluding hydrogens is 242 g/mol. The Balaban J connectivity index is 2.37. The lowest BCUT2D eigenvalue weighted by molar-refractivity contribution is 0.223. The van der Waals surface area contributed by atoms with Crippen LogP contribution in [0.15, 0.2) is 48.3 Å². The summed E-state index contributed by atoms with van der Waals surface area (Å²) >= 11 is 1.60. The van der Waals surface area contributed by atoms with Crippen LogP contribution in [0.5, 0.6) is 0 Å². The molecule has 2 aromatic rings. The molecule has 2 nitrogen and oxygen atoms in total. The number of aliphatic hydroxyl groups is 1. The van der Waals surface area contributed by atoms with Gasteiger partial charge in [-0.2, -0.15) is 0 Å². The highest BCUT2D eigenvalue weighted by atomic mass is 32.1. The Kier molecular flexibility index (Phi) is 4.28. The highest BCUT2D eigenvalue weighted by Crippen LogP contribution is 2.33. The summed E-state index contributed by atoms with van der Waals surface area (Å²) in [6.07, 6.45) is 9.99. The smallest absolute Gasteiger partial charge is 0.113 e. The number of aliphatic hydroxyl groups excluding tert-OH is 1. The maximum atomic E-state index is 10.4. The maximum absolute atomic E-state index is 10.4. The van der Waals surface area contributed by atoms with Crippen molar-refractivity contribution in [2.45, 2.75) is 26.4 Å². The van der Waals surface area contributed by atoms with E-state index in [0.29, 0.717) is 0 Å². The maximum Gasteiger partial charge on any atom is 0.113 e. The molecule has 1 atom stereocenters. The third-order valence-corrected chi connectivity index (χ3v) is 3.86. The first-order valence-corrected chi connectivity index (χ1v) is 6.92. The number of aromatic nitrogens is 1. The molecule has 0 aliphatic carbocycles. The average Bonchev–Trinajstić information content (AvgIpc) is 2.81. The van der Waals surface area contributed by atoms with Crippen molar-refractivity contribution in [2.75, 3.05) is 0 Å². The van der Waals surface area contributed by atoms with Gasteiger partial charge in [-0.25, -0.2) is 0 Å². The zero-order chi connectivity index (χ0) is 13.0. The Morgan fingerprint density at radius 3 is 3.06 bits per heavy atom. The lowest BCUT2D eigenvalue weighted by Crippen LogP contribution is -1.97. The minimum Gasteiger partial charge on any atom is -0.383 e. The zero-order valence-electron chi connectivity index (χ0n) is 10.6. The molecule has 3 heteroatoms. The van der Waals surface area contributed by atoms with Gasteiger partial charge >= 0.3 is 0 Å². The number of allylic oxidation sites excluding steroid dienone is 2. The topological polar surface area (TPSA) is 33.1 Å². The standard InChI is InChI=1S/C15H17NOS/c1-3-5-11(6-4-2)15(17)13-9-12-7-8-16-10-14(12)18-13/h3,5-10,15,17H,4H2,1-2H3/b5-3-,11-6+. The van der Waals surface area contributed by atoms with E-state index in [1.54, 1.807) is 17.5 Å². The summed E-state index contributed by atoms with van der Waals surface area (Å²) in [4.78, 5) is 5.07. The highest BCUT2D eigenvalue weighted by molar-refractivity contribution is 7.19. The lowest BCUT2D eigenvalue weighted by Gasteiger charge is -2.09. The van der Waals surface area contributed by atoms with Gasteiger partial charge in [0.15, 0.2) is 0 Å². The SMILES string of the molecule is C/C=C\C(=C/CC)C(O)c1cc2ccncc2s1. The van der Waals surface area contributed by atoms with Gasteiger partial charge in [-0.1, -0.05) is 25.2 Å². The van der Waals surface area contributed by atoms with Crippen molar-refractivity contribution in [3.8, 4) is 0 Å². The Labute approximate surface area is 111 Å². The van der Waals surface area contributed by atoms with Crippen LogP contribution < -0.4 is 0 Å². The van der Waals surface area contributed by atoms with Crippen molar-refractivity contribution in [3.05, 3.63) is 53.2 Å². The van der Waals surface area contributed by atoms with E-state index in [-0.39, 0.29) is 0 Å². The van der Waals surface area contributed by atoms with E-state index >= 15 is 0 Å². The van der Waals surface area contributed by atoms with Crippen molar-refractivity contribution >= 4 is 21.4 Å². The van der Waals surface area contributed by atoms with Gasteiger partial charge in [-0.05, 0) is 36.4 Å². The number of fused-ring (bicyclic) bond motifs is 1. The monoisotopic (exact) mass is 259 g/mol. The summed E-state index contributed by atoms with van der Waals surface area (Å²) in [5.74, 6) is 0. The predicted molar refractivity (Wildman–Crippen MR) is 77.8 cm³/mol. The molecule has 0 aliphatic heterocycles. The van der Waals surface area contributed by atoms with Crippen LogP contribution in [0.25, 0.3) is 10.1 Å². The second-order valence-electron chi connectivity index (χ2n) is 4.08. The highest BCUT2D eigenvalue weighted by Gasteiger charge is 2.14. The van der Waals surface area contributed by atoms with Crippen molar-refractivity contribution in [1.29, 1.82) is 0 Å². The molecule has 94 valence electrons. The van der Waals surface area contributed by atoms with Gasteiger partial charge in [0.25, 0.3) is 0 Å². The minimum atomic E-state index is -0.543. The zero-order valence-corrected chi connectivity index (χ0v) is 11.4. The van der Waals surface area contributed by atoms with Crippen LogP contribution in [0.2, 0.25) is 0 Å². The van der Waals surface area contributed by atoms with Crippen LogP contribution in [0.4, 0.5) is 0 Å². The van der Waals surface area contributed by atoms with E-state index in [4.69, 9.17) is 0 Å². The van der Waals surface area contributed by atoms with Crippen LogP contribution in [0.3, 0.4) is 0 Å². The second-order valence-corrected chi connectivity index (χ2v) is 5.19. The first-order valence-electron chi connectivity index (χ1n) is 6.10. The van der Waals surface area contributed by atoms with Gasteiger partial charge in [0.05, 0.1) is 4.70 Å². The summed E-state index contributed by atoms with van der Waals surface area (Å²) in [5, 5.41) is 11.6. The fourth-order valence-corrected chi connectivity index (χ4v) is 2.95. The fraction of sp³-hybridized carbons (Fsp3) is 0.267. The molecule has 0 aromatic carbocycles. The molecule has 0 spiro atoms. The third kappa shape index (κ3) is 2.68. The summed E-state index contributed by atoms with van der Waals surface area (Å²) in [7, 11) is 0. The van der Waals surface area contributed by atoms with Gasteiger partial charge in [0.1, 0.15) is 6.10 Å². The lowest BCUT2D eigenvalue weighted by atomic mass is 10.1. The molecule has 2 rings (SSSR count). The predicted octanol–water partition coefficient (Wildman–Crippen LogP) is 4.24. The number of pyridine rings is 1. The molecule has 0 bridgehead atoms. The Morgan fingerprint density at radius 1 is 1.56 bits per heavy atom. The molecule has 0 amide bonds. The number of hydrogen-bond acceptors (Lipinski definition) is 3. The number of hydrogen-bond donors (Lipinski definition) is 1. The largest absolute Gasteiger partial charge is 0.383 e. The van der Waals surface area contributed by atoms with Crippen LogP contribution in [0, 0.1) is 0 Å². The number of thiophene rings is 1. The van der Waals surface area contributed by atoms with Crippen molar-refractivity contribution in [2.24, 2.45) is 0 Å². The van der Waals surface area contributed by atoms with E-state index < -0.39 is 6.10 Å². The average molecular weight is 259 g/mol. The minimum absolute atomic E-state index is 0.543. The molecule has 2 heterocycles. The van der Waals surface area contributed by atoms with Crippen LogP contribution in [0.1, 0.15) is 31.2 Å². The quantitative estimate of drug-likeness (QED) is 0.833. The summed E-state index contributed by atoms with van der Waals surface area (Å²) in [5.41, 5.74) is 0.958. The van der Waals surface area contributed by atoms with Gasteiger partial charge < -0.3 is 5.11 Å².